The maximum absolute atomic E-state index is 5.84. The molecule has 0 radical (unpaired) electrons. The van der Waals surface area contributed by atoms with Gasteiger partial charge in [-0.1, -0.05) is 0 Å². The van der Waals surface area contributed by atoms with Crippen LogP contribution in [0.5, 0.6) is 0 Å². The molecule has 0 amide bonds. The quantitative estimate of drug-likeness (QED) is 0.844. The van der Waals surface area contributed by atoms with Gasteiger partial charge in [0, 0.05) is 24.0 Å². The molecule has 0 heterocycles. The van der Waals surface area contributed by atoms with Crippen molar-refractivity contribution < 1.29 is 0 Å². The maximum Gasteiger partial charge on any atom is 0.0370 e. The van der Waals surface area contributed by atoms with Crippen molar-refractivity contribution in [1.82, 2.24) is 0 Å². The molecule has 2 nitrogen and oxygen atoms in total. The highest BCUT2D eigenvalue weighted by molar-refractivity contribution is 5.54. The fourth-order valence-corrected chi connectivity index (χ4v) is 5.64. The maximum atomic E-state index is 5.84. The molecule has 1 aromatic carbocycles. The summed E-state index contributed by atoms with van der Waals surface area (Å²) < 4.78 is 0. The van der Waals surface area contributed by atoms with E-state index in [2.05, 4.69) is 24.0 Å². The van der Waals surface area contributed by atoms with Gasteiger partial charge in [-0.25, -0.2) is 0 Å². The van der Waals surface area contributed by atoms with Crippen molar-refractivity contribution in [2.75, 3.05) is 17.2 Å². The molecule has 0 aliphatic heterocycles. The molecule has 4 fully saturated rings. The van der Waals surface area contributed by atoms with Gasteiger partial charge >= 0.3 is 0 Å². The predicted octanol–water partition coefficient (Wildman–Crippen LogP) is 3.92. The second-order valence-electron chi connectivity index (χ2n) is 7.30. The zero-order valence-corrected chi connectivity index (χ0v) is 12.5. The van der Waals surface area contributed by atoms with Crippen molar-refractivity contribution in [2.45, 2.75) is 45.1 Å². The number of benzene rings is 1. The molecule has 0 aromatic heterocycles. The van der Waals surface area contributed by atoms with Crippen LogP contribution in [0.15, 0.2) is 24.3 Å². The highest BCUT2D eigenvalue weighted by Crippen LogP contribution is 2.55. The topological polar surface area (TPSA) is 29.3 Å². The lowest BCUT2D eigenvalue weighted by molar-refractivity contribution is -0.00254. The fourth-order valence-electron chi connectivity index (χ4n) is 5.64. The minimum Gasteiger partial charge on any atom is -0.399 e. The van der Waals surface area contributed by atoms with E-state index in [1.54, 1.807) is 0 Å². The van der Waals surface area contributed by atoms with Crippen LogP contribution in [-0.4, -0.2) is 12.6 Å². The molecule has 0 spiro atoms. The summed E-state index contributed by atoms with van der Waals surface area (Å²) >= 11 is 0. The Balaban J connectivity index is 1.63. The van der Waals surface area contributed by atoms with Gasteiger partial charge < -0.3 is 10.6 Å². The zero-order valence-electron chi connectivity index (χ0n) is 12.5. The van der Waals surface area contributed by atoms with Gasteiger partial charge in [0.2, 0.25) is 0 Å². The molecule has 20 heavy (non-hydrogen) atoms. The molecule has 108 valence electrons. The van der Waals surface area contributed by atoms with Crippen LogP contribution in [0.2, 0.25) is 0 Å². The van der Waals surface area contributed by atoms with Crippen LogP contribution in [0.25, 0.3) is 0 Å². The Kier molecular flexibility index (Phi) is 2.94. The first kappa shape index (κ1) is 12.6. The lowest BCUT2D eigenvalue weighted by Crippen LogP contribution is -2.56. The molecule has 0 saturated heterocycles. The molecule has 0 atom stereocenters. The Morgan fingerprint density at radius 2 is 1.50 bits per heavy atom. The second-order valence-corrected chi connectivity index (χ2v) is 7.30. The van der Waals surface area contributed by atoms with Gasteiger partial charge in [-0.15, -0.1) is 0 Å². The average molecular weight is 270 g/mol. The molecule has 2 N–H and O–H groups in total. The lowest BCUT2D eigenvalue weighted by atomic mass is 9.54. The van der Waals surface area contributed by atoms with E-state index in [-0.39, 0.29) is 0 Å². The second kappa shape index (κ2) is 4.68. The van der Waals surface area contributed by atoms with E-state index >= 15 is 0 Å². The van der Waals surface area contributed by atoms with E-state index < -0.39 is 0 Å². The summed E-state index contributed by atoms with van der Waals surface area (Å²) in [4.78, 5) is 2.67. The number of nitrogens with two attached hydrogens (primary N) is 1. The van der Waals surface area contributed by atoms with Crippen molar-refractivity contribution in [3.05, 3.63) is 24.3 Å². The number of nitrogen functional groups attached to an aromatic ring is 1. The normalized spacial score (nSPS) is 38.1. The molecule has 4 saturated carbocycles. The zero-order chi connectivity index (χ0) is 13.7. The monoisotopic (exact) mass is 270 g/mol. The van der Waals surface area contributed by atoms with Crippen molar-refractivity contribution in [1.29, 1.82) is 0 Å². The van der Waals surface area contributed by atoms with Crippen LogP contribution < -0.4 is 10.6 Å². The van der Waals surface area contributed by atoms with Crippen LogP contribution in [0, 0.1) is 23.7 Å². The third kappa shape index (κ3) is 1.92. The van der Waals surface area contributed by atoms with Gasteiger partial charge in [-0.3, -0.25) is 0 Å². The molecule has 5 rings (SSSR count). The number of hydrogen-bond acceptors (Lipinski definition) is 2. The predicted molar refractivity (Wildman–Crippen MR) is 84.7 cm³/mol. The minimum absolute atomic E-state index is 0.788. The van der Waals surface area contributed by atoms with Gasteiger partial charge in [-0.05, 0) is 87.0 Å². The van der Waals surface area contributed by atoms with Crippen molar-refractivity contribution in [3.63, 3.8) is 0 Å². The van der Waals surface area contributed by atoms with Gasteiger partial charge in [0.05, 0.1) is 0 Å². The summed E-state index contributed by atoms with van der Waals surface area (Å²) in [5.74, 6) is 4.00. The summed E-state index contributed by atoms with van der Waals surface area (Å²) in [6.45, 7) is 3.43. The average Bonchev–Trinajstić information content (AvgIpc) is 2.43. The van der Waals surface area contributed by atoms with Crippen LogP contribution in [-0.2, 0) is 0 Å². The van der Waals surface area contributed by atoms with Gasteiger partial charge in [0.1, 0.15) is 0 Å². The van der Waals surface area contributed by atoms with E-state index in [9.17, 15) is 0 Å². The van der Waals surface area contributed by atoms with Crippen LogP contribution in [0.1, 0.15) is 39.0 Å². The van der Waals surface area contributed by atoms with Crippen molar-refractivity contribution >= 4 is 11.4 Å². The first-order valence-corrected chi connectivity index (χ1v) is 8.36. The fraction of sp³-hybridized carbons (Fsp3) is 0.667. The van der Waals surface area contributed by atoms with Crippen molar-refractivity contribution in [3.8, 4) is 0 Å². The Morgan fingerprint density at radius 1 is 0.950 bits per heavy atom. The summed E-state index contributed by atoms with van der Waals surface area (Å²) in [6, 6.07) is 9.31. The molecular weight excluding hydrogens is 244 g/mol. The number of rotatable bonds is 3. The molecule has 4 aliphatic rings. The molecular formula is C18H26N2. The third-order valence-corrected chi connectivity index (χ3v) is 6.10. The standard InChI is InChI=1S/C18H26N2/c1-2-20(17-5-3-16(19)4-6-17)18-14-8-12-7-13(10-14)11-15(18)9-12/h3-6,12-15,18H,2,7-11,19H2,1H3. The highest BCUT2D eigenvalue weighted by atomic mass is 15.2. The number of hydrogen-bond donors (Lipinski definition) is 1. The molecule has 0 unspecified atom stereocenters. The number of nitrogens with zero attached hydrogens (tertiary/aromatic N) is 1. The minimum atomic E-state index is 0.788. The summed E-state index contributed by atoms with van der Waals surface area (Å²) in [7, 11) is 0. The smallest absolute Gasteiger partial charge is 0.0370 e. The summed E-state index contributed by atoms with van der Waals surface area (Å²) in [6.07, 6.45) is 7.49. The SMILES string of the molecule is CCN(c1ccc(N)cc1)C1C2CC3CC(C2)CC1C3. The highest BCUT2D eigenvalue weighted by Gasteiger charge is 2.49. The van der Waals surface area contributed by atoms with E-state index in [4.69, 9.17) is 5.73 Å². The summed E-state index contributed by atoms with van der Waals surface area (Å²) in [5, 5.41) is 0. The summed E-state index contributed by atoms with van der Waals surface area (Å²) in [5.41, 5.74) is 8.09. The molecule has 4 aliphatic carbocycles. The van der Waals surface area contributed by atoms with Crippen LogP contribution in [0.4, 0.5) is 11.4 Å². The van der Waals surface area contributed by atoms with Crippen LogP contribution in [0.3, 0.4) is 0 Å². The van der Waals surface area contributed by atoms with Gasteiger partial charge in [-0.2, -0.15) is 0 Å². The molecule has 4 bridgehead atoms. The van der Waals surface area contributed by atoms with Gasteiger partial charge in [0.25, 0.3) is 0 Å². The molecule has 2 heteroatoms. The lowest BCUT2D eigenvalue weighted by Gasteiger charge is -2.57. The molecule has 1 aromatic rings. The Bertz CT molecular complexity index is 451. The van der Waals surface area contributed by atoms with E-state index in [1.807, 2.05) is 12.1 Å². The number of anilines is 2. The first-order valence-electron chi connectivity index (χ1n) is 8.36. The van der Waals surface area contributed by atoms with E-state index in [1.165, 1.54) is 37.8 Å². The Labute approximate surface area is 122 Å². The van der Waals surface area contributed by atoms with Crippen LogP contribution >= 0.6 is 0 Å². The van der Waals surface area contributed by atoms with Gasteiger partial charge in [0.15, 0.2) is 0 Å². The first-order chi connectivity index (χ1) is 9.74. The van der Waals surface area contributed by atoms with E-state index in [0.717, 1.165) is 41.9 Å². The third-order valence-electron chi connectivity index (χ3n) is 6.10. The Hall–Kier alpha value is -1.18. The largest absolute Gasteiger partial charge is 0.399 e. The van der Waals surface area contributed by atoms with Crippen molar-refractivity contribution in [2.24, 2.45) is 23.7 Å². The Morgan fingerprint density at radius 3 is 2.00 bits per heavy atom. The van der Waals surface area contributed by atoms with E-state index in [0.29, 0.717) is 0 Å².